The van der Waals surface area contributed by atoms with Gasteiger partial charge in [0.2, 0.25) is 5.91 Å². The molecular formula is C21H24BrN3O4S. The summed E-state index contributed by atoms with van der Waals surface area (Å²) in [6.07, 6.45) is 1.37. The molecule has 30 heavy (non-hydrogen) atoms. The summed E-state index contributed by atoms with van der Waals surface area (Å²) in [7, 11) is 0. The van der Waals surface area contributed by atoms with Crippen LogP contribution in [0.4, 0.5) is 16.2 Å². The van der Waals surface area contributed by atoms with E-state index in [1.807, 2.05) is 6.92 Å². The molecule has 1 aromatic heterocycles. The van der Waals surface area contributed by atoms with E-state index in [0.717, 1.165) is 27.9 Å². The molecule has 7 nitrogen and oxygen atoms in total. The molecule has 0 spiro atoms. The van der Waals surface area contributed by atoms with Crippen LogP contribution in [0.1, 0.15) is 41.9 Å². The second-order valence-electron chi connectivity index (χ2n) is 7.61. The van der Waals surface area contributed by atoms with Gasteiger partial charge < -0.3 is 15.4 Å². The van der Waals surface area contributed by atoms with Gasteiger partial charge in [0.05, 0.1) is 21.0 Å². The molecule has 1 fully saturated rings. The van der Waals surface area contributed by atoms with Crippen molar-refractivity contribution < 1.29 is 19.1 Å². The van der Waals surface area contributed by atoms with Gasteiger partial charge in [-0.15, -0.1) is 11.3 Å². The molecule has 9 heteroatoms. The van der Waals surface area contributed by atoms with E-state index in [9.17, 15) is 14.4 Å². The van der Waals surface area contributed by atoms with Gasteiger partial charge in [-0.3, -0.25) is 14.5 Å². The molecule has 1 aromatic carbocycles. The smallest absolute Gasteiger partial charge is 0.414 e. The number of nitrogens with zero attached hydrogens (tertiary/aromatic N) is 1. The Kier molecular flexibility index (Phi) is 6.82. The fourth-order valence-corrected chi connectivity index (χ4v) is 4.36. The van der Waals surface area contributed by atoms with Gasteiger partial charge in [-0.1, -0.05) is 0 Å². The summed E-state index contributed by atoms with van der Waals surface area (Å²) in [5.74, 6) is -0.648. The molecule has 0 bridgehead atoms. The van der Waals surface area contributed by atoms with Gasteiger partial charge in [0, 0.05) is 12.2 Å². The summed E-state index contributed by atoms with van der Waals surface area (Å²) in [6, 6.07) is 8.84. The summed E-state index contributed by atoms with van der Waals surface area (Å²) >= 11 is 4.63. The van der Waals surface area contributed by atoms with Gasteiger partial charge in [-0.05, 0) is 85.4 Å². The van der Waals surface area contributed by atoms with Crippen molar-refractivity contribution in [2.45, 2.75) is 39.2 Å². The minimum atomic E-state index is -1.12. The highest BCUT2D eigenvalue weighted by Gasteiger charge is 2.30. The molecule has 0 atom stereocenters. The van der Waals surface area contributed by atoms with Gasteiger partial charge in [0.1, 0.15) is 5.54 Å². The molecule has 1 aliphatic heterocycles. The Labute approximate surface area is 187 Å². The normalized spacial score (nSPS) is 14.7. The number of rotatable bonds is 5. The molecule has 160 valence electrons. The maximum atomic E-state index is 12.8. The molecular weight excluding hydrogens is 470 g/mol. The monoisotopic (exact) mass is 493 g/mol. The van der Waals surface area contributed by atoms with Crippen molar-refractivity contribution in [2.24, 2.45) is 0 Å². The number of aryl methyl sites for hydroxylation is 1. The van der Waals surface area contributed by atoms with Crippen molar-refractivity contribution in [3.8, 4) is 0 Å². The SMILES string of the molecule is Cc1cc(NC(=O)C(C)(C)NC(=O)c2ccc(Br)s2)ccc1N1CCCCOC1=O. The van der Waals surface area contributed by atoms with Crippen molar-refractivity contribution in [1.82, 2.24) is 5.32 Å². The lowest BCUT2D eigenvalue weighted by Crippen LogP contribution is -2.52. The second kappa shape index (κ2) is 9.18. The number of halogens is 1. The number of nitrogens with one attached hydrogen (secondary N) is 2. The molecule has 0 unspecified atom stereocenters. The lowest BCUT2D eigenvalue weighted by atomic mass is 10.0. The molecule has 0 saturated carbocycles. The standard InChI is InChI=1S/C21H24BrN3O4S/c1-13-12-14(6-7-15(13)25-10-4-5-11-29-20(25)28)23-19(27)21(2,3)24-18(26)16-8-9-17(22)30-16/h6-9,12H,4-5,10-11H2,1-3H3,(H,23,27)(H,24,26). The maximum absolute atomic E-state index is 12.8. The van der Waals surface area contributed by atoms with Crippen LogP contribution >= 0.6 is 27.3 Å². The lowest BCUT2D eigenvalue weighted by Gasteiger charge is -2.26. The predicted octanol–water partition coefficient (Wildman–Crippen LogP) is 4.70. The van der Waals surface area contributed by atoms with E-state index < -0.39 is 5.54 Å². The zero-order valence-corrected chi connectivity index (χ0v) is 19.5. The Balaban J connectivity index is 1.69. The van der Waals surface area contributed by atoms with Crippen LogP contribution in [0.2, 0.25) is 0 Å². The first-order valence-corrected chi connectivity index (χ1v) is 11.2. The molecule has 2 N–H and O–H groups in total. The Morgan fingerprint density at radius 1 is 1.20 bits per heavy atom. The summed E-state index contributed by atoms with van der Waals surface area (Å²) in [5.41, 5.74) is 1.08. The van der Waals surface area contributed by atoms with E-state index in [4.69, 9.17) is 4.74 Å². The molecule has 2 heterocycles. The average molecular weight is 494 g/mol. The number of carbonyl (C=O) groups excluding carboxylic acids is 3. The van der Waals surface area contributed by atoms with Crippen LogP contribution in [0.15, 0.2) is 34.1 Å². The van der Waals surface area contributed by atoms with Crippen LogP contribution in [0.5, 0.6) is 0 Å². The first kappa shape index (κ1) is 22.3. The lowest BCUT2D eigenvalue weighted by molar-refractivity contribution is -0.120. The zero-order chi connectivity index (χ0) is 21.9. The van der Waals surface area contributed by atoms with E-state index >= 15 is 0 Å². The van der Waals surface area contributed by atoms with Gasteiger partial charge in [0.15, 0.2) is 0 Å². The molecule has 2 aromatic rings. The van der Waals surface area contributed by atoms with Gasteiger partial charge in [-0.25, -0.2) is 4.79 Å². The third-order valence-electron chi connectivity index (χ3n) is 4.76. The van der Waals surface area contributed by atoms with Gasteiger partial charge in [-0.2, -0.15) is 0 Å². The van der Waals surface area contributed by atoms with Gasteiger partial charge >= 0.3 is 6.09 Å². The third-order valence-corrected chi connectivity index (χ3v) is 6.38. The summed E-state index contributed by atoms with van der Waals surface area (Å²) in [4.78, 5) is 39.5. The number of anilines is 2. The van der Waals surface area contributed by atoms with Crippen molar-refractivity contribution in [3.63, 3.8) is 0 Å². The molecule has 3 rings (SSSR count). The number of carbonyl (C=O) groups is 3. The zero-order valence-electron chi connectivity index (χ0n) is 17.1. The summed E-state index contributed by atoms with van der Waals surface area (Å²) in [6.45, 7) is 6.22. The highest BCUT2D eigenvalue weighted by atomic mass is 79.9. The summed E-state index contributed by atoms with van der Waals surface area (Å²) in [5, 5.41) is 5.61. The van der Waals surface area contributed by atoms with Crippen LogP contribution < -0.4 is 15.5 Å². The molecule has 1 saturated heterocycles. The summed E-state index contributed by atoms with van der Waals surface area (Å²) < 4.78 is 6.06. The number of hydrogen-bond donors (Lipinski definition) is 2. The molecule has 0 aliphatic carbocycles. The van der Waals surface area contributed by atoms with Crippen LogP contribution in [-0.2, 0) is 9.53 Å². The second-order valence-corrected chi connectivity index (χ2v) is 10.1. The largest absolute Gasteiger partial charge is 0.449 e. The first-order chi connectivity index (χ1) is 14.2. The molecule has 3 amide bonds. The number of amides is 3. The van der Waals surface area contributed by atoms with E-state index in [1.54, 1.807) is 49.1 Å². The quantitative estimate of drug-likeness (QED) is 0.631. The first-order valence-electron chi connectivity index (χ1n) is 9.61. The minimum absolute atomic E-state index is 0.308. The number of hydrogen-bond acceptors (Lipinski definition) is 5. The Hall–Kier alpha value is -2.39. The predicted molar refractivity (Wildman–Crippen MR) is 121 cm³/mol. The fraction of sp³-hybridized carbons (Fsp3) is 0.381. The number of thiophene rings is 1. The van der Waals surface area contributed by atoms with E-state index in [2.05, 4.69) is 26.6 Å². The van der Waals surface area contributed by atoms with E-state index in [-0.39, 0.29) is 17.9 Å². The highest BCUT2D eigenvalue weighted by molar-refractivity contribution is 9.11. The molecule has 0 radical (unpaired) electrons. The Morgan fingerprint density at radius 3 is 2.63 bits per heavy atom. The van der Waals surface area contributed by atoms with Crippen LogP contribution in [0, 0.1) is 6.92 Å². The average Bonchev–Trinajstić information content (AvgIpc) is 3.00. The van der Waals surface area contributed by atoms with Crippen molar-refractivity contribution in [2.75, 3.05) is 23.4 Å². The Morgan fingerprint density at radius 2 is 1.97 bits per heavy atom. The highest BCUT2D eigenvalue weighted by Crippen LogP contribution is 2.27. The topological polar surface area (TPSA) is 87.7 Å². The van der Waals surface area contributed by atoms with Crippen molar-refractivity contribution >= 4 is 56.5 Å². The Bertz CT molecular complexity index is 973. The van der Waals surface area contributed by atoms with Crippen LogP contribution in [0.25, 0.3) is 0 Å². The minimum Gasteiger partial charge on any atom is -0.449 e. The number of ether oxygens (including phenoxy) is 1. The van der Waals surface area contributed by atoms with Crippen LogP contribution in [-0.4, -0.2) is 36.6 Å². The van der Waals surface area contributed by atoms with Crippen molar-refractivity contribution in [1.29, 1.82) is 0 Å². The van der Waals surface area contributed by atoms with Crippen molar-refractivity contribution in [3.05, 3.63) is 44.6 Å². The third kappa shape index (κ3) is 5.20. The van der Waals surface area contributed by atoms with Crippen LogP contribution in [0.3, 0.4) is 0 Å². The maximum Gasteiger partial charge on any atom is 0.414 e. The molecule has 1 aliphatic rings. The number of cyclic esters (lactones) is 1. The van der Waals surface area contributed by atoms with Gasteiger partial charge in [0.25, 0.3) is 5.91 Å². The van der Waals surface area contributed by atoms with E-state index in [1.165, 1.54) is 11.3 Å². The number of benzene rings is 1. The fourth-order valence-electron chi connectivity index (χ4n) is 3.08. The van der Waals surface area contributed by atoms with E-state index in [0.29, 0.717) is 23.7 Å².